The Hall–Kier alpha value is -1.04. The van der Waals surface area contributed by atoms with Gasteiger partial charge in [-0.05, 0) is 31.5 Å². The van der Waals surface area contributed by atoms with Crippen LogP contribution in [0, 0.1) is 0 Å². The number of carbonyl (C=O) groups excluding carboxylic acids is 1. The highest BCUT2D eigenvalue weighted by Gasteiger charge is 2.33. The summed E-state index contributed by atoms with van der Waals surface area (Å²) in [6, 6.07) is 3.45. The molecule has 0 aromatic heterocycles. The van der Waals surface area contributed by atoms with Crippen LogP contribution in [0.1, 0.15) is 55.5 Å². The summed E-state index contributed by atoms with van der Waals surface area (Å²) in [6.45, 7) is 3.95. The van der Waals surface area contributed by atoms with Crippen LogP contribution in [-0.4, -0.2) is 11.9 Å². The average molecular weight is 366 g/mol. The van der Waals surface area contributed by atoms with Gasteiger partial charge in [-0.1, -0.05) is 42.1 Å². The number of hydrogen-bond donors (Lipinski definition) is 1. The molecular formula is C15H19BrF3NO. The zero-order valence-corrected chi connectivity index (χ0v) is 13.6. The van der Waals surface area contributed by atoms with Crippen molar-refractivity contribution < 1.29 is 18.0 Å². The number of alkyl halides is 3. The maximum absolute atomic E-state index is 12.8. The van der Waals surface area contributed by atoms with Crippen molar-refractivity contribution in [3.63, 3.8) is 0 Å². The zero-order chi connectivity index (χ0) is 16.0. The minimum absolute atomic E-state index is 0.0212. The van der Waals surface area contributed by atoms with Gasteiger partial charge in [0.25, 0.3) is 5.91 Å². The molecule has 0 aliphatic heterocycles. The van der Waals surface area contributed by atoms with E-state index < -0.39 is 17.6 Å². The van der Waals surface area contributed by atoms with E-state index in [2.05, 4.69) is 28.2 Å². The summed E-state index contributed by atoms with van der Waals surface area (Å²) in [4.78, 5) is 12.0. The van der Waals surface area contributed by atoms with E-state index in [0.29, 0.717) is 0 Å². The number of amides is 1. The second-order valence-corrected chi connectivity index (χ2v) is 5.92. The third-order valence-corrected chi connectivity index (χ3v) is 3.84. The van der Waals surface area contributed by atoms with Gasteiger partial charge in [-0.15, -0.1) is 0 Å². The second kappa shape index (κ2) is 7.82. The lowest BCUT2D eigenvalue weighted by molar-refractivity contribution is -0.138. The molecule has 1 aromatic carbocycles. The molecule has 2 nitrogen and oxygen atoms in total. The molecule has 0 bridgehead atoms. The molecule has 6 heteroatoms. The van der Waals surface area contributed by atoms with Crippen LogP contribution in [0.3, 0.4) is 0 Å². The molecule has 0 aliphatic carbocycles. The van der Waals surface area contributed by atoms with E-state index in [-0.39, 0.29) is 16.1 Å². The minimum atomic E-state index is -4.48. The van der Waals surface area contributed by atoms with Gasteiger partial charge in [-0.2, -0.15) is 13.2 Å². The molecule has 0 saturated heterocycles. The van der Waals surface area contributed by atoms with Crippen LogP contribution in [0.2, 0.25) is 0 Å². The summed E-state index contributed by atoms with van der Waals surface area (Å²) in [5, 5.41) is 2.73. The third kappa shape index (κ3) is 5.69. The Bertz CT molecular complexity index is 488. The molecule has 0 saturated carbocycles. The van der Waals surface area contributed by atoms with E-state index in [0.717, 1.165) is 31.7 Å². The molecular weight excluding hydrogens is 347 g/mol. The lowest BCUT2D eigenvalue weighted by Crippen LogP contribution is -2.32. The molecule has 0 radical (unpaired) electrons. The van der Waals surface area contributed by atoms with Crippen molar-refractivity contribution in [1.82, 2.24) is 5.32 Å². The summed E-state index contributed by atoms with van der Waals surface area (Å²) in [5.41, 5.74) is -0.818. The van der Waals surface area contributed by atoms with Gasteiger partial charge < -0.3 is 5.32 Å². The SMILES string of the molecule is CCCCCC(C)NC(=O)c1ccc(Br)c(C(F)(F)F)c1. The molecule has 1 aromatic rings. The van der Waals surface area contributed by atoms with E-state index in [4.69, 9.17) is 0 Å². The van der Waals surface area contributed by atoms with E-state index in [1.807, 2.05) is 6.92 Å². The molecule has 1 N–H and O–H groups in total. The van der Waals surface area contributed by atoms with Gasteiger partial charge in [0.15, 0.2) is 0 Å². The van der Waals surface area contributed by atoms with Gasteiger partial charge in [-0.25, -0.2) is 0 Å². The van der Waals surface area contributed by atoms with Crippen LogP contribution < -0.4 is 5.32 Å². The first kappa shape index (κ1) is 18.0. The molecule has 1 unspecified atom stereocenters. The van der Waals surface area contributed by atoms with Crippen molar-refractivity contribution in [1.29, 1.82) is 0 Å². The molecule has 0 spiro atoms. The fraction of sp³-hybridized carbons (Fsp3) is 0.533. The van der Waals surface area contributed by atoms with Gasteiger partial charge in [0.05, 0.1) is 5.56 Å². The van der Waals surface area contributed by atoms with Crippen molar-refractivity contribution in [2.75, 3.05) is 0 Å². The van der Waals surface area contributed by atoms with E-state index in [9.17, 15) is 18.0 Å². The molecule has 0 aliphatic rings. The van der Waals surface area contributed by atoms with Gasteiger partial charge in [0.1, 0.15) is 0 Å². The molecule has 0 heterocycles. The van der Waals surface area contributed by atoms with E-state index >= 15 is 0 Å². The molecule has 21 heavy (non-hydrogen) atoms. The van der Waals surface area contributed by atoms with Crippen LogP contribution >= 0.6 is 15.9 Å². The first-order valence-corrected chi connectivity index (χ1v) is 7.72. The Labute approximate surface area is 131 Å². The monoisotopic (exact) mass is 365 g/mol. The number of rotatable bonds is 6. The Morgan fingerprint density at radius 1 is 1.33 bits per heavy atom. The Morgan fingerprint density at radius 2 is 2.00 bits per heavy atom. The quantitative estimate of drug-likeness (QED) is 0.692. The Balaban J connectivity index is 2.75. The van der Waals surface area contributed by atoms with E-state index in [1.54, 1.807) is 0 Å². The number of carbonyl (C=O) groups is 1. The topological polar surface area (TPSA) is 29.1 Å². The zero-order valence-electron chi connectivity index (χ0n) is 12.1. The summed E-state index contributed by atoms with van der Waals surface area (Å²) in [6.07, 6.45) is -0.505. The molecule has 1 rings (SSSR count). The normalized spacial score (nSPS) is 13.0. The molecule has 118 valence electrons. The Kier molecular flexibility index (Phi) is 6.71. The maximum atomic E-state index is 12.8. The highest BCUT2D eigenvalue weighted by molar-refractivity contribution is 9.10. The Morgan fingerprint density at radius 3 is 2.57 bits per heavy atom. The van der Waals surface area contributed by atoms with Crippen LogP contribution in [0.25, 0.3) is 0 Å². The maximum Gasteiger partial charge on any atom is 0.417 e. The van der Waals surface area contributed by atoms with Gasteiger partial charge in [0.2, 0.25) is 0 Å². The van der Waals surface area contributed by atoms with Crippen LogP contribution in [-0.2, 0) is 6.18 Å². The standard InChI is InChI=1S/C15H19BrF3NO/c1-3-4-5-6-10(2)20-14(21)11-7-8-13(16)12(9-11)15(17,18)19/h7-10H,3-6H2,1-2H3,(H,20,21). The molecule has 1 amide bonds. The smallest absolute Gasteiger partial charge is 0.350 e. The number of halogens is 4. The second-order valence-electron chi connectivity index (χ2n) is 5.06. The van der Waals surface area contributed by atoms with Gasteiger partial charge >= 0.3 is 6.18 Å². The largest absolute Gasteiger partial charge is 0.417 e. The van der Waals surface area contributed by atoms with Crippen molar-refractivity contribution in [2.24, 2.45) is 0 Å². The first-order valence-electron chi connectivity index (χ1n) is 6.93. The average Bonchev–Trinajstić information content (AvgIpc) is 2.38. The van der Waals surface area contributed by atoms with Crippen molar-refractivity contribution >= 4 is 21.8 Å². The molecule has 0 fully saturated rings. The summed E-state index contributed by atoms with van der Waals surface area (Å²) < 4.78 is 38.3. The lowest BCUT2D eigenvalue weighted by atomic mass is 10.1. The number of unbranched alkanes of at least 4 members (excludes halogenated alkanes) is 2. The van der Waals surface area contributed by atoms with Crippen LogP contribution in [0.5, 0.6) is 0 Å². The van der Waals surface area contributed by atoms with Crippen LogP contribution in [0.4, 0.5) is 13.2 Å². The van der Waals surface area contributed by atoms with Gasteiger partial charge in [0, 0.05) is 16.1 Å². The number of hydrogen-bond acceptors (Lipinski definition) is 1. The lowest BCUT2D eigenvalue weighted by Gasteiger charge is -2.15. The van der Waals surface area contributed by atoms with Gasteiger partial charge in [-0.3, -0.25) is 4.79 Å². The minimum Gasteiger partial charge on any atom is -0.350 e. The van der Waals surface area contributed by atoms with Crippen LogP contribution in [0.15, 0.2) is 22.7 Å². The first-order chi connectivity index (χ1) is 9.75. The fourth-order valence-corrected chi connectivity index (χ4v) is 2.43. The van der Waals surface area contributed by atoms with Crippen molar-refractivity contribution in [3.8, 4) is 0 Å². The number of benzene rings is 1. The predicted octanol–water partition coefficient (Wildman–Crippen LogP) is 5.17. The predicted molar refractivity (Wildman–Crippen MR) is 80.2 cm³/mol. The molecule has 1 atom stereocenters. The summed E-state index contributed by atoms with van der Waals surface area (Å²) in [7, 11) is 0. The highest BCUT2D eigenvalue weighted by atomic mass is 79.9. The third-order valence-electron chi connectivity index (χ3n) is 3.15. The highest BCUT2D eigenvalue weighted by Crippen LogP contribution is 2.35. The summed E-state index contributed by atoms with van der Waals surface area (Å²) in [5.74, 6) is -0.475. The number of nitrogens with one attached hydrogen (secondary N) is 1. The van der Waals surface area contributed by atoms with E-state index in [1.165, 1.54) is 12.1 Å². The fourth-order valence-electron chi connectivity index (χ4n) is 1.96. The van der Waals surface area contributed by atoms with Crippen molar-refractivity contribution in [2.45, 2.75) is 51.7 Å². The summed E-state index contributed by atoms with van der Waals surface area (Å²) >= 11 is 2.86. The van der Waals surface area contributed by atoms with Crippen molar-refractivity contribution in [3.05, 3.63) is 33.8 Å².